The fourth-order valence-corrected chi connectivity index (χ4v) is 2.37. The smallest absolute Gasteiger partial charge is 0.225 e. The number of rotatable bonds is 4. The van der Waals surface area contributed by atoms with Gasteiger partial charge in [0.25, 0.3) is 0 Å². The van der Waals surface area contributed by atoms with E-state index in [1.54, 1.807) is 0 Å². The Hall–Kier alpha value is -1.16. The molecule has 1 atom stereocenters. The lowest BCUT2D eigenvalue weighted by Gasteiger charge is -2.31. The Morgan fingerprint density at radius 1 is 1.44 bits per heavy atom. The van der Waals surface area contributed by atoms with E-state index >= 15 is 0 Å². The van der Waals surface area contributed by atoms with Crippen molar-refractivity contribution in [3.8, 4) is 0 Å². The van der Waals surface area contributed by atoms with Crippen molar-refractivity contribution in [3.05, 3.63) is 18.0 Å². The molecule has 0 radical (unpaired) electrons. The highest BCUT2D eigenvalue weighted by molar-refractivity contribution is 5.31. The summed E-state index contributed by atoms with van der Waals surface area (Å²) in [5.74, 6) is 2.08. The van der Waals surface area contributed by atoms with Crippen LogP contribution in [0.25, 0.3) is 0 Å². The molecule has 1 unspecified atom stereocenters. The van der Waals surface area contributed by atoms with E-state index in [0.29, 0.717) is 11.8 Å². The second-order valence-electron chi connectivity index (χ2n) is 5.26. The minimum atomic E-state index is 0.508. The Balaban J connectivity index is 2.05. The standard InChI is InChI=1S/C14H24N4/c1-3-11(2)13-4-7-16-14(17-13)18-8-5-12(10-15)6-9-18/h4,7,11-12H,3,5-6,8-10,15H2,1-2H3. The van der Waals surface area contributed by atoms with Gasteiger partial charge in [0.15, 0.2) is 0 Å². The summed E-state index contributed by atoms with van der Waals surface area (Å²) in [6.07, 6.45) is 5.32. The molecule has 4 nitrogen and oxygen atoms in total. The Labute approximate surface area is 110 Å². The van der Waals surface area contributed by atoms with Crippen LogP contribution in [-0.4, -0.2) is 29.6 Å². The molecule has 1 aromatic heterocycles. The summed E-state index contributed by atoms with van der Waals surface area (Å²) in [5, 5.41) is 0. The molecule has 2 rings (SSSR count). The first-order valence-corrected chi connectivity index (χ1v) is 7.02. The molecule has 100 valence electrons. The normalized spacial score (nSPS) is 18.9. The van der Waals surface area contributed by atoms with Crippen molar-refractivity contribution < 1.29 is 0 Å². The van der Waals surface area contributed by atoms with E-state index in [9.17, 15) is 0 Å². The fraction of sp³-hybridized carbons (Fsp3) is 0.714. The summed E-state index contributed by atoms with van der Waals surface area (Å²) < 4.78 is 0. The average Bonchev–Trinajstić information content (AvgIpc) is 2.46. The van der Waals surface area contributed by atoms with Crippen LogP contribution in [0.2, 0.25) is 0 Å². The third-order valence-electron chi connectivity index (χ3n) is 4.01. The van der Waals surface area contributed by atoms with Crippen molar-refractivity contribution in [2.75, 3.05) is 24.5 Å². The fourth-order valence-electron chi connectivity index (χ4n) is 2.37. The molecule has 1 aliphatic heterocycles. The van der Waals surface area contributed by atoms with Gasteiger partial charge in [0, 0.05) is 25.0 Å². The van der Waals surface area contributed by atoms with Crippen molar-refractivity contribution in [1.29, 1.82) is 0 Å². The van der Waals surface area contributed by atoms with Crippen LogP contribution in [0.15, 0.2) is 12.3 Å². The van der Waals surface area contributed by atoms with Crippen molar-refractivity contribution in [2.24, 2.45) is 11.7 Å². The number of aromatic nitrogens is 2. The van der Waals surface area contributed by atoms with Crippen LogP contribution in [0, 0.1) is 5.92 Å². The number of hydrogen-bond donors (Lipinski definition) is 1. The zero-order valence-electron chi connectivity index (χ0n) is 11.5. The Morgan fingerprint density at radius 3 is 2.78 bits per heavy atom. The molecule has 2 N–H and O–H groups in total. The topological polar surface area (TPSA) is 55.0 Å². The van der Waals surface area contributed by atoms with Gasteiger partial charge in [-0.05, 0) is 43.7 Å². The monoisotopic (exact) mass is 248 g/mol. The SMILES string of the molecule is CCC(C)c1ccnc(N2CCC(CN)CC2)n1. The lowest BCUT2D eigenvalue weighted by Crippen LogP contribution is -2.37. The maximum Gasteiger partial charge on any atom is 0.225 e. The lowest BCUT2D eigenvalue weighted by molar-refractivity contribution is 0.411. The minimum absolute atomic E-state index is 0.508. The highest BCUT2D eigenvalue weighted by atomic mass is 15.2. The zero-order chi connectivity index (χ0) is 13.0. The van der Waals surface area contributed by atoms with Gasteiger partial charge in [-0.15, -0.1) is 0 Å². The third-order valence-corrected chi connectivity index (χ3v) is 4.01. The summed E-state index contributed by atoms with van der Waals surface area (Å²) in [7, 11) is 0. The van der Waals surface area contributed by atoms with Gasteiger partial charge in [0.2, 0.25) is 5.95 Å². The average molecular weight is 248 g/mol. The Kier molecular flexibility index (Phi) is 4.53. The molecule has 0 bridgehead atoms. The predicted octanol–water partition coefficient (Wildman–Crippen LogP) is 2.17. The van der Waals surface area contributed by atoms with Gasteiger partial charge >= 0.3 is 0 Å². The molecule has 0 aromatic carbocycles. The molecule has 1 aromatic rings. The third kappa shape index (κ3) is 2.99. The molecule has 0 spiro atoms. The largest absolute Gasteiger partial charge is 0.341 e. The Morgan fingerprint density at radius 2 is 2.17 bits per heavy atom. The number of nitrogens with two attached hydrogens (primary N) is 1. The quantitative estimate of drug-likeness (QED) is 0.887. The highest BCUT2D eigenvalue weighted by Gasteiger charge is 2.20. The van der Waals surface area contributed by atoms with Crippen molar-refractivity contribution in [2.45, 2.75) is 39.0 Å². The molecular weight excluding hydrogens is 224 g/mol. The zero-order valence-corrected chi connectivity index (χ0v) is 11.5. The summed E-state index contributed by atoms with van der Waals surface area (Å²) >= 11 is 0. The second-order valence-corrected chi connectivity index (χ2v) is 5.26. The lowest BCUT2D eigenvalue weighted by atomic mass is 9.97. The maximum absolute atomic E-state index is 5.72. The second kappa shape index (κ2) is 6.14. The first-order valence-electron chi connectivity index (χ1n) is 7.02. The van der Waals surface area contributed by atoms with Crippen LogP contribution < -0.4 is 10.6 Å². The molecule has 0 saturated carbocycles. The molecular formula is C14H24N4. The predicted molar refractivity (Wildman–Crippen MR) is 74.7 cm³/mol. The minimum Gasteiger partial charge on any atom is -0.341 e. The number of anilines is 1. The highest BCUT2D eigenvalue weighted by Crippen LogP contribution is 2.22. The van der Waals surface area contributed by atoms with Gasteiger partial charge in [-0.25, -0.2) is 9.97 Å². The number of nitrogens with zero attached hydrogens (tertiary/aromatic N) is 3. The molecule has 1 fully saturated rings. The van der Waals surface area contributed by atoms with Gasteiger partial charge in [-0.3, -0.25) is 0 Å². The molecule has 0 amide bonds. The van der Waals surface area contributed by atoms with Crippen LogP contribution in [0.1, 0.15) is 44.7 Å². The molecule has 0 aliphatic carbocycles. The molecule has 18 heavy (non-hydrogen) atoms. The van der Waals surface area contributed by atoms with Crippen LogP contribution >= 0.6 is 0 Å². The number of hydrogen-bond acceptors (Lipinski definition) is 4. The van der Waals surface area contributed by atoms with Gasteiger partial charge in [0.1, 0.15) is 0 Å². The van der Waals surface area contributed by atoms with E-state index in [1.807, 2.05) is 12.3 Å². The van der Waals surface area contributed by atoms with Gasteiger partial charge in [0.05, 0.1) is 0 Å². The van der Waals surface area contributed by atoms with Crippen molar-refractivity contribution >= 4 is 5.95 Å². The van der Waals surface area contributed by atoms with E-state index in [-0.39, 0.29) is 0 Å². The van der Waals surface area contributed by atoms with E-state index in [4.69, 9.17) is 10.7 Å². The van der Waals surface area contributed by atoms with Gasteiger partial charge < -0.3 is 10.6 Å². The van der Waals surface area contributed by atoms with Gasteiger partial charge in [-0.1, -0.05) is 13.8 Å². The Bertz CT molecular complexity index is 372. The molecule has 2 heterocycles. The summed E-state index contributed by atoms with van der Waals surface area (Å²) in [4.78, 5) is 11.4. The van der Waals surface area contributed by atoms with E-state index in [1.165, 1.54) is 0 Å². The molecule has 4 heteroatoms. The van der Waals surface area contributed by atoms with Gasteiger partial charge in [-0.2, -0.15) is 0 Å². The van der Waals surface area contributed by atoms with Crippen molar-refractivity contribution in [3.63, 3.8) is 0 Å². The summed E-state index contributed by atoms with van der Waals surface area (Å²) in [5.41, 5.74) is 6.88. The summed E-state index contributed by atoms with van der Waals surface area (Å²) in [6.45, 7) is 7.28. The van der Waals surface area contributed by atoms with Crippen LogP contribution in [-0.2, 0) is 0 Å². The first-order chi connectivity index (χ1) is 8.74. The number of piperidine rings is 1. The molecule has 1 aliphatic rings. The maximum atomic E-state index is 5.72. The summed E-state index contributed by atoms with van der Waals surface area (Å²) in [6, 6.07) is 2.03. The van der Waals surface area contributed by atoms with Crippen molar-refractivity contribution in [1.82, 2.24) is 9.97 Å². The van der Waals surface area contributed by atoms with Crippen LogP contribution in [0.5, 0.6) is 0 Å². The van der Waals surface area contributed by atoms with E-state index in [0.717, 1.165) is 50.5 Å². The van der Waals surface area contributed by atoms with E-state index in [2.05, 4.69) is 23.7 Å². The van der Waals surface area contributed by atoms with Crippen LogP contribution in [0.3, 0.4) is 0 Å². The first kappa shape index (κ1) is 13.3. The van der Waals surface area contributed by atoms with Crippen LogP contribution in [0.4, 0.5) is 5.95 Å². The van der Waals surface area contributed by atoms with E-state index < -0.39 is 0 Å². The molecule has 1 saturated heterocycles.